The van der Waals surface area contributed by atoms with Crippen molar-refractivity contribution in [2.24, 2.45) is 0 Å². The Morgan fingerprint density at radius 1 is 0.732 bits per heavy atom. The van der Waals surface area contributed by atoms with Gasteiger partial charge in [-0.3, -0.25) is 4.79 Å². The molecule has 0 aliphatic rings. The quantitative estimate of drug-likeness (QED) is 0.149. The molecule has 1 N–H and O–H groups in total. The molecule has 4 heteroatoms. The smallest absolute Gasteiger partial charge is 0.193 e. The summed E-state index contributed by atoms with van der Waals surface area (Å²) in [6, 6.07) is 8.59. The van der Waals surface area contributed by atoms with Crippen molar-refractivity contribution in [1.82, 2.24) is 0 Å². The molecule has 1 atom stereocenters. The number of phenolic OH excluding ortho intramolecular Hbond substituents is 1. The van der Waals surface area contributed by atoms with Crippen molar-refractivity contribution in [1.29, 1.82) is 0 Å². The third-order valence-corrected chi connectivity index (χ3v) is 9.88. The second-order valence-electron chi connectivity index (χ2n) is 14.2. The number of aromatic hydroxyl groups is 1. The third-order valence-electron chi connectivity index (χ3n) is 8.25. The summed E-state index contributed by atoms with van der Waals surface area (Å²) in [4.78, 5) is 15.2. The van der Waals surface area contributed by atoms with E-state index < -0.39 is 0 Å². The minimum atomic E-state index is -0.174. The van der Waals surface area contributed by atoms with E-state index in [2.05, 4.69) is 93.1 Å². The van der Waals surface area contributed by atoms with Crippen LogP contribution in [0.5, 0.6) is 5.75 Å². The van der Waals surface area contributed by atoms with E-state index in [0.29, 0.717) is 5.75 Å². The number of hydrogen-bond acceptors (Lipinski definition) is 3. The summed E-state index contributed by atoms with van der Waals surface area (Å²) in [7, 11) is 0. The monoisotopic (exact) mass is 598 g/mol. The Bertz CT molecular complexity index is 1120. The van der Waals surface area contributed by atoms with Crippen LogP contribution in [-0.4, -0.2) is 10.2 Å². The lowest BCUT2D eigenvalue weighted by Crippen LogP contribution is -2.19. The summed E-state index contributed by atoms with van der Waals surface area (Å²) < 4.78 is 0. The van der Waals surface area contributed by atoms with Gasteiger partial charge in [0, 0.05) is 15.4 Å². The average molecular weight is 599 g/mol. The fraction of sp³-hybridized carbons (Fsp3) is 0.649. The largest absolute Gasteiger partial charge is 0.508 e. The minimum Gasteiger partial charge on any atom is -0.508 e. The Kier molecular flexibility index (Phi) is 14.4. The summed E-state index contributed by atoms with van der Waals surface area (Å²) in [5, 5.41) is 10.6. The number of benzene rings is 2. The van der Waals surface area contributed by atoms with Gasteiger partial charge in [0.1, 0.15) is 5.75 Å². The van der Waals surface area contributed by atoms with Crippen LogP contribution in [0.4, 0.5) is 0 Å². The van der Waals surface area contributed by atoms with Gasteiger partial charge in [-0.2, -0.15) is 0 Å². The Labute approximate surface area is 262 Å². The molecule has 0 aliphatic heterocycles. The van der Waals surface area contributed by atoms with E-state index in [-0.39, 0.29) is 21.9 Å². The van der Waals surface area contributed by atoms with Crippen LogP contribution in [0.1, 0.15) is 159 Å². The highest BCUT2D eigenvalue weighted by molar-refractivity contribution is 7.99. The Morgan fingerprint density at radius 2 is 1.17 bits per heavy atom. The molecular weight excluding hydrogens is 541 g/mol. The molecular formula is C37H58O2S2. The van der Waals surface area contributed by atoms with Gasteiger partial charge in [-0.25, -0.2) is 0 Å². The second kappa shape index (κ2) is 16.5. The van der Waals surface area contributed by atoms with Gasteiger partial charge in [-0.15, -0.1) is 12.6 Å². The number of carbonyl (C=O) groups is 1. The molecule has 2 nitrogen and oxygen atoms in total. The first-order valence-electron chi connectivity index (χ1n) is 16.1. The van der Waals surface area contributed by atoms with Crippen molar-refractivity contribution in [3.8, 4) is 5.75 Å². The van der Waals surface area contributed by atoms with E-state index in [9.17, 15) is 9.90 Å². The topological polar surface area (TPSA) is 37.3 Å². The van der Waals surface area contributed by atoms with Crippen LogP contribution in [0.25, 0.3) is 0 Å². The fourth-order valence-electron chi connectivity index (χ4n) is 5.68. The molecule has 41 heavy (non-hydrogen) atoms. The van der Waals surface area contributed by atoms with Gasteiger partial charge in [-0.05, 0) is 71.6 Å². The zero-order valence-electron chi connectivity index (χ0n) is 27.6. The van der Waals surface area contributed by atoms with Gasteiger partial charge in [-0.1, -0.05) is 137 Å². The predicted molar refractivity (Wildman–Crippen MR) is 183 cm³/mol. The Balaban J connectivity index is 2.17. The van der Waals surface area contributed by atoms with Crippen molar-refractivity contribution in [2.45, 2.75) is 166 Å². The van der Waals surface area contributed by atoms with Crippen molar-refractivity contribution >= 4 is 29.5 Å². The average Bonchev–Trinajstić information content (AvgIpc) is 2.85. The highest BCUT2D eigenvalue weighted by atomic mass is 32.2. The summed E-state index contributed by atoms with van der Waals surface area (Å²) >= 11 is 6.15. The summed E-state index contributed by atoms with van der Waals surface area (Å²) in [5.74, 6) is 0.186. The molecule has 230 valence electrons. The lowest BCUT2D eigenvalue weighted by atomic mass is 9.78. The molecule has 0 spiro atoms. The number of aryl methyl sites for hydroxylation is 2. The molecule has 0 amide bonds. The number of hydrogen-bond donors (Lipinski definition) is 2. The van der Waals surface area contributed by atoms with Gasteiger partial charge < -0.3 is 5.11 Å². The molecule has 2 aromatic rings. The summed E-state index contributed by atoms with van der Waals surface area (Å²) in [6.45, 7) is 19.6. The lowest BCUT2D eigenvalue weighted by molar-refractivity contribution is -0.112. The fourth-order valence-corrected chi connectivity index (χ4v) is 6.98. The molecule has 0 saturated heterocycles. The van der Waals surface area contributed by atoms with Gasteiger partial charge in [0.2, 0.25) is 0 Å². The molecule has 0 aliphatic carbocycles. The van der Waals surface area contributed by atoms with E-state index in [1.165, 1.54) is 80.2 Å². The standard InChI is InChI=1S/C37H58O2S2/c1-10-11-12-13-14-15-16-17-18-19-20-21-28(35(39)40)29-22-26(2)33(24-30(29)36(4,5)6)41-34-25-31(37(7,8)9)32(38)23-27(34)3/h22-25,28,38H,10-21H2,1-9H3,(H,39,40). The third kappa shape index (κ3) is 11.3. The van der Waals surface area contributed by atoms with Crippen LogP contribution in [-0.2, 0) is 15.6 Å². The molecule has 2 aromatic carbocycles. The van der Waals surface area contributed by atoms with E-state index >= 15 is 0 Å². The number of unbranched alkanes of at least 4 members (excludes halogenated alkanes) is 10. The van der Waals surface area contributed by atoms with Crippen LogP contribution in [0, 0.1) is 13.8 Å². The first-order chi connectivity index (χ1) is 19.2. The molecule has 0 fully saturated rings. The van der Waals surface area contributed by atoms with Gasteiger partial charge in [0.05, 0.1) is 5.92 Å². The minimum absolute atomic E-state index is 0.0217. The highest BCUT2D eigenvalue weighted by Gasteiger charge is 2.28. The van der Waals surface area contributed by atoms with Gasteiger partial charge >= 0.3 is 0 Å². The number of rotatable bonds is 16. The normalized spacial score (nSPS) is 13.0. The van der Waals surface area contributed by atoms with Gasteiger partial charge in [0.25, 0.3) is 0 Å². The molecule has 0 radical (unpaired) electrons. The Hall–Kier alpha value is -1.39. The van der Waals surface area contributed by atoms with Crippen molar-refractivity contribution in [2.75, 3.05) is 0 Å². The zero-order chi connectivity index (χ0) is 30.8. The van der Waals surface area contributed by atoms with Crippen LogP contribution in [0.15, 0.2) is 34.1 Å². The number of carbonyl (C=O) groups excluding carboxylic acids is 1. The molecule has 0 bridgehead atoms. The molecule has 0 aromatic heterocycles. The maximum absolute atomic E-state index is 12.9. The maximum atomic E-state index is 12.9. The Morgan fingerprint density at radius 3 is 1.63 bits per heavy atom. The molecule has 0 heterocycles. The molecule has 1 unspecified atom stereocenters. The van der Waals surface area contributed by atoms with Gasteiger partial charge in [0.15, 0.2) is 5.12 Å². The maximum Gasteiger partial charge on any atom is 0.193 e. The molecule has 2 rings (SSSR count). The first-order valence-corrected chi connectivity index (χ1v) is 17.3. The summed E-state index contributed by atoms with van der Waals surface area (Å²) in [5.41, 5.74) is 5.35. The van der Waals surface area contributed by atoms with Crippen molar-refractivity contribution in [3.05, 3.63) is 52.1 Å². The summed E-state index contributed by atoms with van der Waals surface area (Å²) in [6.07, 6.45) is 15.2. The molecule has 0 saturated carbocycles. The SMILES string of the molecule is CCCCCCCCCCCCCC(C(=O)S)c1cc(C)c(Sc2cc(C(C)(C)C)c(O)cc2C)cc1C(C)(C)C. The zero-order valence-corrected chi connectivity index (χ0v) is 29.3. The van der Waals surface area contributed by atoms with E-state index in [1.807, 2.05) is 6.07 Å². The van der Waals surface area contributed by atoms with E-state index in [0.717, 1.165) is 34.4 Å². The number of thiol groups is 1. The van der Waals surface area contributed by atoms with Crippen LogP contribution in [0.3, 0.4) is 0 Å². The van der Waals surface area contributed by atoms with Crippen molar-refractivity contribution in [3.63, 3.8) is 0 Å². The highest BCUT2D eigenvalue weighted by Crippen LogP contribution is 2.43. The van der Waals surface area contributed by atoms with E-state index in [1.54, 1.807) is 11.8 Å². The van der Waals surface area contributed by atoms with E-state index in [4.69, 9.17) is 0 Å². The predicted octanol–water partition coefficient (Wildman–Crippen LogP) is 12.0. The van der Waals surface area contributed by atoms with Crippen molar-refractivity contribution < 1.29 is 9.90 Å². The first kappa shape index (κ1) is 35.8. The lowest BCUT2D eigenvalue weighted by Gasteiger charge is -2.28. The van der Waals surface area contributed by atoms with Crippen LogP contribution < -0.4 is 0 Å². The second-order valence-corrected chi connectivity index (χ2v) is 15.7. The van der Waals surface area contributed by atoms with Crippen LogP contribution >= 0.6 is 24.4 Å². The van der Waals surface area contributed by atoms with Crippen LogP contribution in [0.2, 0.25) is 0 Å². The number of phenols is 1.